The fourth-order valence-corrected chi connectivity index (χ4v) is 3.63. The summed E-state index contributed by atoms with van der Waals surface area (Å²) in [6, 6.07) is 0. The van der Waals surface area contributed by atoms with E-state index in [4.69, 9.17) is 15.9 Å². The van der Waals surface area contributed by atoms with Crippen LogP contribution in [-0.2, 0) is 23.9 Å². The van der Waals surface area contributed by atoms with Gasteiger partial charge < -0.3 is 24.6 Å². The van der Waals surface area contributed by atoms with Crippen LogP contribution in [0.5, 0.6) is 0 Å². The number of carbonyl (C=O) groups excluding carboxylic acids is 4. The van der Waals surface area contributed by atoms with Gasteiger partial charge in [0.25, 0.3) is 0 Å². The number of hydrogen-bond acceptors (Lipinski definition) is 6. The van der Waals surface area contributed by atoms with Crippen molar-refractivity contribution in [1.82, 2.24) is 15.1 Å². The number of amides is 3. The van der Waals surface area contributed by atoms with Crippen molar-refractivity contribution >= 4 is 23.9 Å². The molecule has 0 radical (unpaired) electrons. The third-order valence-electron chi connectivity index (χ3n) is 5.43. The second-order valence-electron chi connectivity index (χ2n) is 9.34. The maximum atomic E-state index is 12.6. The number of piperidine rings is 1. The first-order chi connectivity index (χ1) is 15.5. The Hall–Kier alpha value is -3.02. The van der Waals surface area contributed by atoms with E-state index in [1.165, 1.54) is 6.08 Å². The van der Waals surface area contributed by atoms with E-state index in [0.717, 1.165) is 0 Å². The molecule has 3 amide bonds. The largest absolute Gasteiger partial charge is 0.465 e. The molecule has 0 aromatic carbocycles. The van der Waals surface area contributed by atoms with Crippen LogP contribution in [0.25, 0.3) is 0 Å². The van der Waals surface area contributed by atoms with Crippen LogP contribution in [0.3, 0.4) is 0 Å². The van der Waals surface area contributed by atoms with E-state index in [2.05, 4.69) is 11.2 Å². The Labute approximate surface area is 195 Å². The van der Waals surface area contributed by atoms with Gasteiger partial charge in [0.15, 0.2) is 0 Å². The van der Waals surface area contributed by atoms with Gasteiger partial charge in [-0.3, -0.25) is 14.4 Å². The van der Waals surface area contributed by atoms with Crippen molar-refractivity contribution in [3.05, 3.63) is 12.2 Å². The summed E-state index contributed by atoms with van der Waals surface area (Å²) in [4.78, 5) is 52.2. The minimum Gasteiger partial charge on any atom is -0.465 e. The molecule has 0 spiro atoms. The van der Waals surface area contributed by atoms with Gasteiger partial charge in [0, 0.05) is 38.6 Å². The fourth-order valence-electron chi connectivity index (χ4n) is 3.63. The van der Waals surface area contributed by atoms with Gasteiger partial charge in [0.1, 0.15) is 11.5 Å². The second-order valence-corrected chi connectivity index (χ2v) is 9.34. The molecule has 0 aromatic rings. The minimum absolute atomic E-state index is 0.00828. The molecule has 2 aliphatic heterocycles. The lowest BCUT2D eigenvalue weighted by molar-refractivity contribution is -0.145. The van der Waals surface area contributed by atoms with Crippen molar-refractivity contribution in [3.63, 3.8) is 0 Å². The van der Waals surface area contributed by atoms with Crippen LogP contribution in [-0.4, -0.2) is 78.6 Å². The third-order valence-corrected chi connectivity index (χ3v) is 5.43. The van der Waals surface area contributed by atoms with E-state index in [9.17, 15) is 19.2 Å². The van der Waals surface area contributed by atoms with Crippen molar-refractivity contribution in [2.75, 3.05) is 39.3 Å². The van der Waals surface area contributed by atoms with Crippen LogP contribution < -0.4 is 5.32 Å². The number of rotatable bonds is 7. The molecule has 2 atom stereocenters. The average molecular weight is 462 g/mol. The summed E-state index contributed by atoms with van der Waals surface area (Å²) in [5, 5.41) is 2.71. The highest BCUT2D eigenvalue weighted by Crippen LogP contribution is 2.21. The van der Waals surface area contributed by atoms with Crippen molar-refractivity contribution < 1.29 is 28.7 Å². The second kappa shape index (κ2) is 11.7. The summed E-state index contributed by atoms with van der Waals surface area (Å²) in [5.74, 6) is 0.331. The highest BCUT2D eigenvalue weighted by atomic mass is 16.6. The molecule has 33 heavy (non-hydrogen) atoms. The van der Waals surface area contributed by atoms with Crippen molar-refractivity contribution in [2.45, 2.75) is 46.1 Å². The van der Waals surface area contributed by atoms with E-state index in [-0.39, 0.29) is 42.9 Å². The van der Waals surface area contributed by atoms with E-state index in [0.29, 0.717) is 39.0 Å². The normalized spacial score (nSPS) is 19.9. The Balaban J connectivity index is 1.77. The van der Waals surface area contributed by atoms with E-state index in [1.807, 2.05) is 26.8 Å². The Bertz CT molecular complexity index is 804. The molecule has 0 aromatic heterocycles. The lowest BCUT2D eigenvalue weighted by Gasteiger charge is -2.38. The molecular formula is C24H35N3O6. The van der Waals surface area contributed by atoms with Gasteiger partial charge in [-0.05, 0) is 46.6 Å². The molecule has 2 rings (SSSR count). The number of carbonyl (C=O) groups is 4. The maximum absolute atomic E-state index is 12.6. The molecule has 0 saturated carbocycles. The number of hydrogen-bond donors (Lipinski definition) is 1. The smallest absolute Gasteiger partial charge is 0.410 e. The summed E-state index contributed by atoms with van der Waals surface area (Å²) in [6.07, 6.45) is 9.72. The molecule has 0 unspecified atom stereocenters. The molecule has 1 N–H and O–H groups in total. The number of esters is 1. The zero-order valence-corrected chi connectivity index (χ0v) is 20.0. The molecule has 182 valence electrons. The van der Waals surface area contributed by atoms with E-state index < -0.39 is 17.5 Å². The zero-order chi connectivity index (χ0) is 24.6. The van der Waals surface area contributed by atoms with Crippen LogP contribution in [0.1, 0.15) is 40.5 Å². The lowest BCUT2D eigenvalue weighted by Crippen LogP contribution is -2.51. The van der Waals surface area contributed by atoms with Gasteiger partial charge in [-0.1, -0.05) is 12.0 Å². The summed E-state index contributed by atoms with van der Waals surface area (Å²) >= 11 is 0. The molecule has 0 bridgehead atoms. The summed E-state index contributed by atoms with van der Waals surface area (Å²) in [6.45, 7) is 9.30. The number of ether oxygens (including phenoxy) is 2. The fraction of sp³-hybridized carbons (Fsp3) is 0.667. The predicted molar refractivity (Wildman–Crippen MR) is 122 cm³/mol. The zero-order valence-electron chi connectivity index (χ0n) is 20.0. The Kier molecular flexibility index (Phi) is 9.32. The third kappa shape index (κ3) is 8.12. The first-order valence-corrected chi connectivity index (χ1v) is 11.4. The van der Waals surface area contributed by atoms with Crippen molar-refractivity contribution in [3.8, 4) is 12.3 Å². The highest BCUT2D eigenvalue weighted by Gasteiger charge is 2.33. The number of nitrogens with one attached hydrogen (secondary N) is 1. The molecule has 2 fully saturated rings. The van der Waals surface area contributed by atoms with Gasteiger partial charge in [0.05, 0.1) is 12.5 Å². The first-order valence-electron chi connectivity index (χ1n) is 11.4. The predicted octanol–water partition coefficient (Wildman–Crippen LogP) is 1.58. The monoisotopic (exact) mass is 461 g/mol. The van der Waals surface area contributed by atoms with Gasteiger partial charge >= 0.3 is 12.1 Å². The van der Waals surface area contributed by atoms with Crippen LogP contribution >= 0.6 is 0 Å². The minimum atomic E-state index is -0.833. The molecular weight excluding hydrogens is 426 g/mol. The molecule has 0 aliphatic carbocycles. The summed E-state index contributed by atoms with van der Waals surface area (Å²) < 4.78 is 10.2. The van der Waals surface area contributed by atoms with Crippen molar-refractivity contribution in [2.24, 2.45) is 17.8 Å². The molecule has 2 saturated heterocycles. The Morgan fingerprint density at radius 1 is 1.18 bits per heavy atom. The number of nitrogens with zero attached hydrogens (tertiary/aromatic N) is 2. The number of likely N-dealkylation sites (tertiary alicyclic amines) is 2. The standard InChI is InChI=1S/C24H35N3O6/c1-6-18(22(30)32-7-2)13-25-21(29)19-9-8-12-26(16-19)20(28)11-10-17-14-27(15-17)23(31)33-24(3,4)5/h1,10-11,17-19H,7-9,12-16H2,2-5H3,(H,25,29)/b11-10+/t18-,19+/m0/s1. The highest BCUT2D eigenvalue weighted by molar-refractivity contribution is 5.89. The van der Waals surface area contributed by atoms with Crippen LogP contribution in [0, 0.1) is 30.1 Å². The van der Waals surface area contributed by atoms with Gasteiger partial charge in [-0.15, -0.1) is 6.42 Å². The summed E-state index contributed by atoms with van der Waals surface area (Å²) in [7, 11) is 0. The van der Waals surface area contributed by atoms with Gasteiger partial charge in [-0.25, -0.2) is 4.79 Å². The van der Waals surface area contributed by atoms with Crippen LogP contribution in [0.2, 0.25) is 0 Å². The van der Waals surface area contributed by atoms with Gasteiger partial charge in [0.2, 0.25) is 11.8 Å². The quantitative estimate of drug-likeness (QED) is 0.351. The molecule has 9 heteroatoms. The van der Waals surface area contributed by atoms with Crippen LogP contribution in [0.4, 0.5) is 4.79 Å². The lowest BCUT2D eigenvalue weighted by atomic mass is 9.96. The summed E-state index contributed by atoms with van der Waals surface area (Å²) in [5.41, 5.74) is -0.536. The van der Waals surface area contributed by atoms with E-state index >= 15 is 0 Å². The molecule has 2 heterocycles. The SMILES string of the molecule is C#C[C@@H](CNC(=O)[C@@H]1CCCN(C(=O)/C=C/C2CN(C(=O)OC(C)(C)C)C2)C1)C(=O)OCC. The average Bonchev–Trinajstić information content (AvgIpc) is 2.71. The molecule has 9 nitrogen and oxygen atoms in total. The van der Waals surface area contributed by atoms with Gasteiger partial charge in [-0.2, -0.15) is 0 Å². The van der Waals surface area contributed by atoms with Crippen LogP contribution in [0.15, 0.2) is 12.2 Å². The topological polar surface area (TPSA) is 105 Å². The maximum Gasteiger partial charge on any atom is 0.410 e. The Morgan fingerprint density at radius 3 is 2.48 bits per heavy atom. The number of terminal acetylenes is 1. The van der Waals surface area contributed by atoms with Crippen molar-refractivity contribution in [1.29, 1.82) is 0 Å². The first kappa shape index (κ1) is 26.2. The van der Waals surface area contributed by atoms with E-state index in [1.54, 1.807) is 16.7 Å². The molecule has 2 aliphatic rings. The Morgan fingerprint density at radius 2 is 1.88 bits per heavy atom.